The fourth-order valence-corrected chi connectivity index (χ4v) is 4.47. The Hall–Kier alpha value is -1.35. The number of nitrogens with two attached hydrogens (primary N) is 1. The molecule has 0 radical (unpaired) electrons. The number of piperidine rings is 1. The Balaban J connectivity index is 0.00000312. The summed E-state index contributed by atoms with van der Waals surface area (Å²) in [7, 11) is -0.308. The number of halogens is 1. The second kappa shape index (κ2) is 9.38. The van der Waals surface area contributed by atoms with Gasteiger partial charge in [0.15, 0.2) is 0 Å². The van der Waals surface area contributed by atoms with Crippen molar-refractivity contribution in [3.63, 3.8) is 0 Å². The van der Waals surface area contributed by atoms with Crippen molar-refractivity contribution in [2.45, 2.75) is 24.2 Å². The van der Waals surface area contributed by atoms with Gasteiger partial charge in [-0.05, 0) is 57.0 Å². The van der Waals surface area contributed by atoms with Crippen molar-refractivity contribution in [3.05, 3.63) is 23.8 Å². The average molecular weight is 392 g/mol. The molecular formula is C16H26ClN3O4S. The summed E-state index contributed by atoms with van der Waals surface area (Å²) in [6.45, 7) is 1.93. The molecule has 2 rings (SSSR count). The van der Waals surface area contributed by atoms with Crippen molar-refractivity contribution in [3.8, 4) is 5.75 Å². The van der Waals surface area contributed by atoms with Crippen molar-refractivity contribution in [2.24, 2.45) is 11.7 Å². The molecule has 0 spiro atoms. The first kappa shape index (κ1) is 21.7. The van der Waals surface area contributed by atoms with Crippen molar-refractivity contribution >= 4 is 28.3 Å². The highest BCUT2D eigenvalue weighted by molar-refractivity contribution is 7.89. The molecule has 1 fully saturated rings. The van der Waals surface area contributed by atoms with Crippen molar-refractivity contribution in [1.29, 1.82) is 0 Å². The van der Waals surface area contributed by atoms with Crippen LogP contribution in [-0.2, 0) is 10.0 Å². The van der Waals surface area contributed by atoms with Crippen LogP contribution in [0, 0.1) is 5.92 Å². The number of primary amides is 1. The number of rotatable bonds is 7. The summed E-state index contributed by atoms with van der Waals surface area (Å²) in [5.74, 6) is 0.0999. The van der Waals surface area contributed by atoms with Gasteiger partial charge in [-0.25, -0.2) is 8.42 Å². The quantitative estimate of drug-likeness (QED) is 0.727. The molecule has 1 aliphatic heterocycles. The number of carbonyl (C=O) groups excluding carboxylic acids is 1. The number of carbonyl (C=O) groups is 1. The van der Waals surface area contributed by atoms with Crippen LogP contribution in [0.15, 0.2) is 23.1 Å². The summed E-state index contributed by atoms with van der Waals surface area (Å²) in [5.41, 5.74) is 5.38. The van der Waals surface area contributed by atoms with Crippen LogP contribution in [0.4, 0.5) is 0 Å². The molecule has 0 bridgehead atoms. The molecule has 25 heavy (non-hydrogen) atoms. The smallest absolute Gasteiger partial charge is 0.252 e. The second-order valence-electron chi connectivity index (χ2n) is 5.97. The zero-order valence-corrected chi connectivity index (χ0v) is 16.2. The lowest BCUT2D eigenvalue weighted by atomic mass is 9.95. The van der Waals surface area contributed by atoms with Gasteiger partial charge in [-0.15, -0.1) is 12.4 Å². The molecule has 0 saturated carbocycles. The third-order valence-corrected chi connectivity index (χ3v) is 6.34. The Morgan fingerprint density at radius 2 is 2.00 bits per heavy atom. The summed E-state index contributed by atoms with van der Waals surface area (Å²) < 4.78 is 32.1. The van der Waals surface area contributed by atoms with Crippen LogP contribution in [0.3, 0.4) is 0 Å². The Labute approximate surface area is 155 Å². The van der Waals surface area contributed by atoms with Crippen molar-refractivity contribution < 1.29 is 17.9 Å². The van der Waals surface area contributed by atoms with Gasteiger partial charge >= 0.3 is 0 Å². The van der Waals surface area contributed by atoms with E-state index in [9.17, 15) is 13.2 Å². The normalized spacial score (nSPS) is 16.2. The lowest BCUT2D eigenvalue weighted by Gasteiger charge is -2.31. The van der Waals surface area contributed by atoms with Gasteiger partial charge in [-0.1, -0.05) is 0 Å². The van der Waals surface area contributed by atoms with E-state index in [-0.39, 0.29) is 28.6 Å². The largest absolute Gasteiger partial charge is 0.496 e. The van der Waals surface area contributed by atoms with Gasteiger partial charge in [0.2, 0.25) is 10.0 Å². The standard InChI is InChI=1S/C16H25N3O4S.ClH/c1-18-8-5-12-6-9-19(10-7-12)24(21,22)13-3-4-15(23-2)14(11-13)16(17)20;/h3-4,11-12,18H,5-10H2,1-2H3,(H2,17,20);1H. The van der Waals surface area contributed by atoms with Crippen LogP contribution in [-0.4, -0.2) is 52.4 Å². The molecule has 9 heteroatoms. The van der Waals surface area contributed by atoms with Crippen molar-refractivity contribution in [1.82, 2.24) is 9.62 Å². The number of nitrogens with one attached hydrogen (secondary N) is 1. The number of hydrogen-bond acceptors (Lipinski definition) is 5. The predicted octanol–water partition coefficient (Wildman–Crippen LogP) is 1.23. The number of hydrogen-bond donors (Lipinski definition) is 2. The summed E-state index contributed by atoms with van der Waals surface area (Å²) in [5, 5.41) is 3.12. The molecule has 1 saturated heterocycles. The molecule has 142 valence electrons. The van der Waals surface area contributed by atoms with E-state index in [2.05, 4.69) is 5.32 Å². The van der Waals surface area contributed by atoms with E-state index in [1.165, 1.54) is 29.6 Å². The van der Waals surface area contributed by atoms with Gasteiger partial charge in [0.05, 0.1) is 17.6 Å². The highest BCUT2D eigenvalue weighted by atomic mass is 35.5. The first-order valence-electron chi connectivity index (χ1n) is 8.02. The summed E-state index contributed by atoms with van der Waals surface area (Å²) in [6, 6.07) is 4.21. The number of methoxy groups -OCH3 is 1. The van der Waals surface area contributed by atoms with Crippen LogP contribution in [0.25, 0.3) is 0 Å². The molecule has 0 unspecified atom stereocenters. The number of sulfonamides is 1. The van der Waals surface area contributed by atoms with Gasteiger partial charge in [-0.2, -0.15) is 4.31 Å². The first-order valence-corrected chi connectivity index (χ1v) is 9.46. The third kappa shape index (κ3) is 5.07. The van der Waals surface area contributed by atoms with Crippen molar-refractivity contribution in [2.75, 3.05) is 33.8 Å². The monoisotopic (exact) mass is 391 g/mol. The molecule has 3 N–H and O–H groups in total. The Kier molecular flexibility index (Phi) is 8.14. The molecule has 1 heterocycles. The SMILES string of the molecule is CNCCC1CCN(S(=O)(=O)c2ccc(OC)c(C(N)=O)c2)CC1.Cl. The van der Waals surface area contributed by atoms with E-state index < -0.39 is 15.9 Å². The minimum atomic E-state index is -3.63. The number of amides is 1. The summed E-state index contributed by atoms with van der Waals surface area (Å²) in [4.78, 5) is 11.6. The minimum absolute atomic E-state index is 0. The molecule has 0 aromatic heterocycles. The Morgan fingerprint density at radius 3 is 2.52 bits per heavy atom. The molecule has 0 atom stereocenters. The fourth-order valence-electron chi connectivity index (χ4n) is 2.98. The van der Waals surface area contributed by atoms with E-state index in [0.29, 0.717) is 19.0 Å². The maximum atomic E-state index is 12.8. The highest BCUT2D eigenvalue weighted by Crippen LogP contribution is 2.28. The molecular weight excluding hydrogens is 366 g/mol. The lowest BCUT2D eigenvalue weighted by Crippen LogP contribution is -2.39. The van der Waals surface area contributed by atoms with Crippen LogP contribution in [0.5, 0.6) is 5.75 Å². The minimum Gasteiger partial charge on any atom is -0.496 e. The predicted molar refractivity (Wildman–Crippen MR) is 98.8 cm³/mol. The number of benzene rings is 1. The molecule has 1 aliphatic rings. The fraction of sp³-hybridized carbons (Fsp3) is 0.562. The average Bonchev–Trinajstić information content (AvgIpc) is 2.59. The second-order valence-corrected chi connectivity index (χ2v) is 7.90. The molecule has 1 aromatic rings. The molecule has 1 amide bonds. The zero-order valence-electron chi connectivity index (χ0n) is 14.5. The Morgan fingerprint density at radius 1 is 1.36 bits per heavy atom. The van der Waals surface area contributed by atoms with Gasteiger partial charge in [0.25, 0.3) is 5.91 Å². The van der Waals surface area contributed by atoms with Gasteiger partial charge < -0.3 is 15.8 Å². The summed E-state index contributed by atoms with van der Waals surface area (Å²) >= 11 is 0. The first-order chi connectivity index (χ1) is 11.4. The summed E-state index contributed by atoms with van der Waals surface area (Å²) in [6.07, 6.45) is 2.75. The van der Waals surface area contributed by atoms with Gasteiger partial charge in [0, 0.05) is 13.1 Å². The van der Waals surface area contributed by atoms with E-state index in [1.807, 2.05) is 7.05 Å². The molecule has 7 nitrogen and oxygen atoms in total. The van der Waals surface area contributed by atoms with Crippen LogP contribution < -0.4 is 15.8 Å². The maximum absolute atomic E-state index is 12.8. The number of ether oxygens (including phenoxy) is 1. The lowest BCUT2D eigenvalue weighted by molar-refractivity contribution is 0.0997. The van der Waals surface area contributed by atoms with E-state index in [1.54, 1.807) is 0 Å². The third-order valence-electron chi connectivity index (χ3n) is 4.45. The van der Waals surface area contributed by atoms with Crippen LogP contribution >= 0.6 is 12.4 Å². The zero-order chi connectivity index (χ0) is 17.7. The van der Waals surface area contributed by atoms with Gasteiger partial charge in [-0.3, -0.25) is 4.79 Å². The van der Waals surface area contributed by atoms with Gasteiger partial charge in [0.1, 0.15) is 5.75 Å². The molecule has 0 aliphatic carbocycles. The highest BCUT2D eigenvalue weighted by Gasteiger charge is 2.30. The Bertz CT molecular complexity index is 689. The number of nitrogens with zero attached hydrogens (tertiary/aromatic N) is 1. The van der Waals surface area contributed by atoms with Crippen LogP contribution in [0.1, 0.15) is 29.6 Å². The topological polar surface area (TPSA) is 102 Å². The van der Waals surface area contributed by atoms with E-state index >= 15 is 0 Å². The van der Waals surface area contributed by atoms with E-state index in [0.717, 1.165) is 25.8 Å². The van der Waals surface area contributed by atoms with E-state index in [4.69, 9.17) is 10.5 Å². The van der Waals surface area contributed by atoms with Crippen LogP contribution in [0.2, 0.25) is 0 Å². The molecule has 1 aromatic carbocycles. The maximum Gasteiger partial charge on any atom is 0.252 e.